The third kappa shape index (κ3) is 3.19. The fourth-order valence-corrected chi connectivity index (χ4v) is 6.26. The van der Waals surface area contributed by atoms with Gasteiger partial charge in [-0.25, -0.2) is 0 Å². The highest BCUT2D eigenvalue weighted by atomic mass is 16.3. The van der Waals surface area contributed by atoms with Gasteiger partial charge in [-0.2, -0.15) is 0 Å². The highest BCUT2D eigenvalue weighted by molar-refractivity contribution is 6.17. The van der Waals surface area contributed by atoms with Crippen LogP contribution in [0.4, 0.5) is 0 Å². The van der Waals surface area contributed by atoms with E-state index in [2.05, 4.69) is 59.2 Å². The van der Waals surface area contributed by atoms with Crippen LogP contribution in [0, 0.1) is 0 Å². The molecule has 0 aliphatic heterocycles. The molecule has 0 radical (unpaired) electrons. The van der Waals surface area contributed by atoms with Crippen molar-refractivity contribution in [2.75, 3.05) is 0 Å². The number of rotatable bonds is 2. The lowest BCUT2D eigenvalue weighted by Crippen LogP contribution is -2.03. The molecular weight excluding hydrogens is 506 g/mol. The maximum atomic E-state index is 13.5. The van der Waals surface area contributed by atoms with Crippen LogP contribution in [0.5, 0.6) is 0 Å². The van der Waals surface area contributed by atoms with E-state index in [1.165, 1.54) is 0 Å². The van der Waals surface area contributed by atoms with Gasteiger partial charge in [0.2, 0.25) is 5.43 Å². The maximum Gasteiger partial charge on any atom is 0.200 e. The molecule has 4 heteroatoms. The third-order valence-corrected chi connectivity index (χ3v) is 8.19. The molecule has 0 unspecified atom stereocenters. The van der Waals surface area contributed by atoms with Gasteiger partial charge in [0.1, 0.15) is 22.3 Å². The van der Waals surface area contributed by atoms with Crippen molar-refractivity contribution in [3.63, 3.8) is 0 Å². The summed E-state index contributed by atoms with van der Waals surface area (Å²) in [5.74, 6) is 0. The molecule has 0 aliphatic carbocycles. The van der Waals surface area contributed by atoms with E-state index in [9.17, 15) is 4.79 Å². The molecule has 3 heterocycles. The first kappa shape index (κ1) is 22.2. The Morgan fingerprint density at radius 2 is 1.10 bits per heavy atom. The number of fused-ring (bicyclic) bond motifs is 8. The Morgan fingerprint density at radius 3 is 1.98 bits per heavy atom. The molecule has 0 aliphatic rings. The lowest BCUT2D eigenvalue weighted by Gasteiger charge is -2.10. The van der Waals surface area contributed by atoms with Crippen molar-refractivity contribution >= 4 is 65.7 Å². The van der Waals surface area contributed by atoms with Crippen LogP contribution in [0.3, 0.4) is 0 Å². The second-order valence-electron chi connectivity index (χ2n) is 10.5. The summed E-state index contributed by atoms with van der Waals surface area (Å²) in [6, 6.07) is 42.7. The van der Waals surface area contributed by atoms with Crippen LogP contribution in [0.25, 0.3) is 82.5 Å². The SMILES string of the molecule is O=c1c2ccc(-c3ccccc3)cc2oc2cc(-n3c4ccccc4c4cc5c(cc43)oc3ccccc35)ccc12. The van der Waals surface area contributed by atoms with Crippen molar-refractivity contribution in [2.45, 2.75) is 0 Å². The third-order valence-electron chi connectivity index (χ3n) is 8.19. The minimum absolute atomic E-state index is 0.0291. The molecule has 41 heavy (non-hydrogen) atoms. The molecule has 3 aromatic heterocycles. The Bertz CT molecular complexity index is 2550. The fourth-order valence-electron chi connectivity index (χ4n) is 6.26. The molecule has 0 saturated carbocycles. The maximum absolute atomic E-state index is 13.5. The van der Waals surface area contributed by atoms with Crippen LogP contribution in [-0.2, 0) is 0 Å². The van der Waals surface area contributed by atoms with Gasteiger partial charge in [0.15, 0.2) is 0 Å². The Balaban J connectivity index is 1.32. The van der Waals surface area contributed by atoms with Crippen molar-refractivity contribution < 1.29 is 8.83 Å². The summed E-state index contributed by atoms with van der Waals surface area (Å²) < 4.78 is 14.9. The molecule has 9 rings (SSSR count). The Morgan fingerprint density at radius 1 is 0.415 bits per heavy atom. The number of hydrogen-bond acceptors (Lipinski definition) is 3. The lowest BCUT2D eigenvalue weighted by molar-refractivity contribution is 0.660. The zero-order valence-electron chi connectivity index (χ0n) is 21.8. The quantitative estimate of drug-likeness (QED) is 0.210. The van der Waals surface area contributed by atoms with Crippen molar-refractivity contribution in [1.29, 1.82) is 0 Å². The van der Waals surface area contributed by atoms with Crippen molar-refractivity contribution in [1.82, 2.24) is 4.57 Å². The average molecular weight is 528 g/mol. The summed E-state index contributed by atoms with van der Waals surface area (Å²) in [5, 5.41) is 5.65. The second-order valence-corrected chi connectivity index (χ2v) is 10.5. The van der Waals surface area contributed by atoms with Crippen LogP contribution in [0.2, 0.25) is 0 Å². The summed E-state index contributed by atoms with van der Waals surface area (Å²) in [5.41, 5.74) is 7.93. The molecule has 0 N–H and O–H groups in total. The molecular formula is C37H21NO3. The molecule has 0 atom stereocenters. The molecule has 0 bridgehead atoms. The van der Waals surface area contributed by atoms with E-state index >= 15 is 0 Å². The number of aromatic nitrogens is 1. The van der Waals surface area contributed by atoms with Gasteiger partial charge in [0, 0.05) is 39.4 Å². The molecule has 0 spiro atoms. The smallest absolute Gasteiger partial charge is 0.200 e. The minimum Gasteiger partial charge on any atom is -0.456 e. The zero-order valence-corrected chi connectivity index (χ0v) is 21.8. The molecule has 0 saturated heterocycles. The van der Waals surface area contributed by atoms with E-state index in [1.54, 1.807) is 0 Å². The number of benzene rings is 6. The lowest BCUT2D eigenvalue weighted by atomic mass is 10.0. The summed E-state index contributed by atoms with van der Waals surface area (Å²) in [7, 11) is 0. The van der Waals surface area contributed by atoms with Crippen molar-refractivity contribution in [3.05, 3.63) is 138 Å². The summed E-state index contributed by atoms with van der Waals surface area (Å²) >= 11 is 0. The largest absolute Gasteiger partial charge is 0.456 e. The molecule has 4 nitrogen and oxygen atoms in total. The minimum atomic E-state index is -0.0291. The van der Waals surface area contributed by atoms with Crippen LogP contribution in [-0.4, -0.2) is 4.57 Å². The number of nitrogens with zero attached hydrogens (tertiary/aromatic N) is 1. The summed E-state index contributed by atoms with van der Waals surface area (Å²) in [6.45, 7) is 0. The first-order chi connectivity index (χ1) is 20.2. The first-order valence-corrected chi connectivity index (χ1v) is 13.6. The van der Waals surface area contributed by atoms with Crippen LogP contribution in [0.15, 0.2) is 141 Å². The molecule has 6 aromatic carbocycles. The zero-order chi connectivity index (χ0) is 27.1. The van der Waals surface area contributed by atoms with Crippen LogP contribution in [0.1, 0.15) is 0 Å². The van der Waals surface area contributed by atoms with Gasteiger partial charge in [0.05, 0.1) is 21.8 Å². The summed E-state index contributed by atoms with van der Waals surface area (Å²) in [4.78, 5) is 13.5. The van der Waals surface area contributed by atoms with Gasteiger partial charge in [-0.1, -0.05) is 72.8 Å². The van der Waals surface area contributed by atoms with Crippen LogP contribution >= 0.6 is 0 Å². The van der Waals surface area contributed by atoms with Gasteiger partial charge < -0.3 is 13.4 Å². The Kier molecular flexibility index (Phi) is 4.44. The Hall–Kier alpha value is -5.61. The van der Waals surface area contributed by atoms with Crippen molar-refractivity contribution in [2.24, 2.45) is 0 Å². The van der Waals surface area contributed by atoms with E-state index in [4.69, 9.17) is 8.83 Å². The van der Waals surface area contributed by atoms with Gasteiger partial charge in [-0.15, -0.1) is 0 Å². The average Bonchev–Trinajstić information content (AvgIpc) is 3.55. The standard InChI is InChI=1S/C37H21NO3/c39-37-27-16-14-23(22-8-2-1-3-9-22)18-34(27)41-35-19-24(15-17-28(35)37)38-31-12-6-4-10-25(31)29-20-30-26-11-5-7-13-33(26)40-36(30)21-32(29)38/h1-21H. The van der Waals surface area contributed by atoms with E-state index in [0.717, 1.165) is 60.6 Å². The van der Waals surface area contributed by atoms with E-state index in [-0.39, 0.29) is 5.43 Å². The van der Waals surface area contributed by atoms with Gasteiger partial charge in [-0.3, -0.25) is 4.79 Å². The number of para-hydroxylation sites is 2. The second kappa shape index (κ2) is 8.20. The number of hydrogen-bond donors (Lipinski definition) is 0. The molecule has 192 valence electrons. The summed E-state index contributed by atoms with van der Waals surface area (Å²) in [6.07, 6.45) is 0. The highest BCUT2D eigenvalue weighted by Gasteiger charge is 2.17. The molecule has 9 aromatic rings. The van der Waals surface area contributed by atoms with Crippen molar-refractivity contribution in [3.8, 4) is 16.8 Å². The predicted molar refractivity (Wildman–Crippen MR) is 167 cm³/mol. The van der Waals surface area contributed by atoms with E-state index < -0.39 is 0 Å². The fraction of sp³-hybridized carbons (Fsp3) is 0. The monoisotopic (exact) mass is 527 g/mol. The van der Waals surface area contributed by atoms with E-state index in [1.807, 2.05) is 72.8 Å². The van der Waals surface area contributed by atoms with Gasteiger partial charge in [-0.05, 0) is 53.6 Å². The van der Waals surface area contributed by atoms with E-state index in [0.29, 0.717) is 21.9 Å². The van der Waals surface area contributed by atoms with Gasteiger partial charge in [0.25, 0.3) is 0 Å². The molecule has 0 fully saturated rings. The topological polar surface area (TPSA) is 48.3 Å². The predicted octanol–water partition coefficient (Wildman–Crippen LogP) is 9.61. The molecule has 0 amide bonds. The Labute approximate surface area is 233 Å². The first-order valence-electron chi connectivity index (χ1n) is 13.6. The van der Waals surface area contributed by atoms with Gasteiger partial charge >= 0.3 is 0 Å². The van der Waals surface area contributed by atoms with Crippen LogP contribution < -0.4 is 5.43 Å². The highest BCUT2D eigenvalue weighted by Crippen LogP contribution is 2.38. The normalized spacial score (nSPS) is 12.0. The number of furan rings is 1.